The Morgan fingerprint density at radius 2 is 2.33 bits per heavy atom. The van der Waals surface area contributed by atoms with E-state index in [2.05, 4.69) is 16.0 Å². The lowest BCUT2D eigenvalue weighted by Crippen LogP contribution is -2.59. The summed E-state index contributed by atoms with van der Waals surface area (Å²) in [6, 6.07) is 1.65. The number of nitrogens with one attached hydrogen (secondary N) is 3. The maximum absolute atomic E-state index is 11.7. The van der Waals surface area contributed by atoms with E-state index in [9.17, 15) is 9.59 Å². The van der Waals surface area contributed by atoms with E-state index in [4.69, 9.17) is 5.26 Å². The quantitative estimate of drug-likeness (QED) is 0.494. The van der Waals surface area contributed by atoms with Crippen LogP contribution in [0.25, 0.3) is 0 Å². The second kappa shape index (κ2) is 7.63. The van der Waals surface area contributed by atoms with Crippen molar-refractivity contribution in [1.29, 1.82) is 5.26 Å². The third kappa shape index (κ3) is 4.31. The zero-order valence-electron chi connectivity index (χ0n) is 10.5. The topological polar surface area (TPSA) is 97.3 Å². The minimum Gasteiger partial charge on any atom is -0.358 e. The van der Waals surface area contributed by atoms with E-state index in [1.807, 2.05) is 11.0 Å². The molecule has 0 radical (unpaired) electrons. The number of carbonyl (C=O) groups is 2. The Kier molecular flexibility index (Phi) is 6.11. The molecule has 1 fully saturated rings. The van der Waals surface area contributed by atoms with E-state index in [0.717, 1.165) is 6.54 Å². The van der Waals surface area contributed by atoms with Crippen molar-refractivity contribution in [3.63, 3.8) is 0 Å². The maximum atomic E-state index is 11.7. The summed E-state index contributed by atoms with van der Waals surface area (Å²) < 4.78 is 0. The summed E-state index contributed by atoms with van der Waals surface area (Å²) in [5.41, 5.74) is 0. The first-order valence-electron chi connectivity index (χ1n) is 5.99. The van der Waals surface area contributed by atoms with Gasteiger partial charge in [0, 0.05) is 33.2 Å². The van der Waals surface area contributed by atoms with Gasteiger partial charge in [-0.2, -0.15) is 5.26 Å². The van der Waals surface area contributed by atoms with E-state index in [0.29, 0.717) is 26.1 Å². The van der Waals surface area contributed by atoms with Crippen molar-refractivity contribution in [3.8, 4) is 6.07 Å². The molecule has 7 nitrogen and oxygen atoms in total. The van der Waals surface area contributed by atoms with Crippen LogP contribution in [-0.4, -0.2) is 62.5 Å². The van der Waals surface area contributed by atoms with Crippen molar-refractivity contribution in [3.05, 3.63) is 0 Å². The Bertz CT molecular complexity index is 339. The molecule has 1 atom stereocenters. The molecule has 2 amide bonds. The van der Waals surface area contributed by atoms with Gasteiger partial charge < -0.3 is 16.0 Å². The van der Waals surface area contributed by atoms with Crippen LogP contribution in [-0.2, 0) is 9.59 Å². The van der Waals surface area contributed by atoms with Crippen LogP contribution in [0, 0.1) is 11.3 Å². The third-order valence-corrected chi connectivity index (χ3v) is 2.81. The Morgan fingerprint density at radius 3 is 3.00 bits per heavy atom. The van der Waals surface area contributed by atoms with Gasteiger partial charge in [-0.15, -0.1) is 0 Å². The second-order valence-corrected chi connectivity index (χ2v) is 4.06. The summed E-state index contributed by atoms with van der Waals surface area (Å²) in [6.07, 6.45) is 0.298. The molecular formula is C11H19N5O2. The lowest BCUT2D eigenvalue weighted by atomic mass is 10.1. The fourth-order valence-corrected chi connectivity index (χ4v) is 1.86. The van der Waals surface area contributed by atoms with E-state index >= 15 is 0 Å². The van der Waals surface area contributed by atoms with Crippen LogP contribution < -0.4 is 16.0 Å². The van der Waals surface area contributed by atoms with Gasteiger partial charge >= 0.3 is 0 Å². The first kappa shape index (κ1) is 14.4. The summed E-state index contributed by atoms with van der Waals surface area (Å²) >= 11 is 0. The molecule has 3 N–H and O–H groups in total. The molecule has 0 aromatic rings. The first-order chi connectivity index (χ1) is 8.69. The minimum absolute atomic E-state index is 0.0907. The normalized spacial score (nSPS) is 19.9. The van der Waals surface area contributed by atoms with Crippen LogP contribution in [0.15, 0.2) is 0 Å². The Hall–Kier alpha value is -1.65. The predicted molar refractivity (Wildman–Crippen MR) is 65.5 cm³/mol. The predicted octanol–water partition coefficient (Wildman–Crippen LogP) is -1.96. The average molecular weight is 253 g/mol. The van der Waals surface area contributed by atoms with Crippen molar-refractivity contribution in [2.45, 2.75) is 12.5 Å². The van der Waals surface area contributed by atoms with Gasteiger partial charge in [0.1, 0.15) is 6.04 Å². The lowest BCUT2D eigenvalue weighted by molar-refractivity contribution is -0.129. The molecule has 100 valence electrons. The summed E-state index contributed by atoms with van der Waals surface area (Å²) in [5.74, 6) is -0.243. The summed E-state index contributed by atoms with van der Waals surface area (Å²) in [6.45, 7) is 2.51. The van der Waals surface area contributed by atoms with Crippen LogP contribution in [0.3, 0.4) is 0 Å². The fourth-order valence-electron chi connectivity index (χ4n) is 1.86. The Morgan fingerprint density at radius 1 is 1.56 bits per heavy atom. The molecular weight excluding hydrogens is 234 g/mol. The monoisotopic (exact) mass is 253 g/mol. The van der Waals surface area contributed by atoms with Crippen LogP contribution in [0.4, 0.5) is 0 Å². The second-order valence-electron chi connectivity index (χ2n) is 4.06. The molecule has 1 saturated heterocycles. The van der Waals surface area contributed by atoms with Gasteiger partial charge in [0.05, 0.1) is 19.0 Å². The summed E-state index contributed by atoms with van der Waals surface area (Å²) in [7, 11) is 1.59. The Labute approximate surface area is 107 Å². The SMILES string of the molecule is CNC(=O)C1CNCCN1CC(=O)NCCC#N. The summed E-state index contributed by atoms with van der Waals surface area (Å²) in [4.78, 5) is 25.1. The van der Waals surface area contributed by atoms with Gasteiger partial charge in [-0.25, -0.2) is 0 Å². The lowest BCUT2D eigenvalue weighted by Gasteiger charge is -2.34. The van der Waals surface area contributed by atoms with Crippen molar-refractivity contribution in [2.24, 2.45) is 0 Å². The van der Waals surface area contributed by atoms with E-state index in [1.165, 1.54) is 0 Å². The number of rotatable bonds is 5. The van der Waals surface area contributed by atoms with Gasteiger partial charge in [0.25, 0.3) is 0 Å². The molecule has 1 rings (SSSR count). The number of amides is 2. The number of nitrogens with zero attached hydrogens (tertiary/aromatic N) is 2. The molecule has 0 saturated carbocycles. The number of likely N-dealkylation sites (N-methyl/N-ethyl adjacent to an activating group) is 1. The van der Waals surface area contributed by atoms with Crippen LogP contribution in [0.2, 0.25) is 0 Å². The minimum atomic E-state index is -0.314. The molecule has 0 aromatic heterocycles. The molecule has 7 heteroatoms. The average Bonchev–Trinajstić information content (AvgIpc) is 2.39. The zero-order valence-corrected chi connectivity index (χ0v) is 10.5. The zero-order chi connectivity index (χ0) is 13.4. The number of hydrogen-bond donors (Lipinski definition) is 3. The van der Waals surface area contributed by atoms with Gasteiger partial charge in [0.15, 0.2) is 0 Å². The van der Waals surface area contributed by atoms with Gasteiger partial charge in [-0.05, 0) is 0 Å². The highest BCUT2D eigenvalue weighted by Gasteiger charge is 2.28. The maximum Gasteiger partial charge on any atom is 0.238 e. The molecule has 18 heavy (non-hydrogen) atoms. The molecule has 1 aliphatic rings. The first-order valence-corrected chi connectivity index (χ1v) is 5.99. The standard InChI is InChI=1S/C11H19N5O2/c1-13-11(18)9-7-14-5-6-16(9)8-10(17)15-4-2-3-12/h9,14H,2,4-8H2,1H3,(H,13,18)(H,15,17). The largest absolute Gasteiger partial charge is 0.358 e. The van der Waals surface area contributed by atoms with Crippen LogP contribution >= 0.6 is 0 Å². The molecule has 0 aromatic carbocycles. The molecule has 0 aliphatic carbocycles. The molecule has 0 bridgehead atoms. The third-order valence-electron chi connectivity index (χ3n) is 2.81. The molecule has 1 aliphatic heterocycles. The van der Waals surface area contributed by atoms with Crippen molar-refractivity contribution in [1.82, 2.24) is 20.9 Å². The smallest absolute Gasteiger partial charge is 0.238 e. The highest BCUT2D eigenvalue weighted by molar-refractivity contribution is 5.83. The number of piperazine rings is 1. The van der Waals surface area contributed by atoms with Gasteiger partial charge in [-0.3, -0.25) is 14.5 Å². The Balaban J connectivity index is 2.44. The number of carbonyl (C=O) groups excluding carboxylic acids is 2. The highest BCUT2D eigenvalue weighted by Crippen LogP contribution is 2.02. The fraction of sp³-hybridized carbons (Fsp3) is 0.727. The van der Waals surface area contributed by atoms with Crippen LogP contribution in [0.1, 0.15) is 6.42 Å². The van der Waals surface area contributed by atoms with Crippen molar-refractivity contribution in [2.75, 3.05) is 39.8 Å². The van der Waals surface area contributed by atoms with E-state index in [-0.39, 0.29) is 24.4 Å². The van der Waals surface area contributed by atoms with Crippen molar-refractivity contribution >= 4 is 11.8 Å². The molecule has 1 unspecified atom stereocenters. The number of nitriles is 1. The van der Waals surface area contributed by atoms with E-state index < -0.39 is 0 Å². The summed E-state index contributed by atoms with van der Waals surface area (Å²) in [5, 5.41) is 16.8. The van der Waals surface area contributed by atoms with Crippen LogP contribution in [0.5, 0.6) is 0 Å². The number of hydrogen-bond acceptors (Lipinski definition) is 5. The van der Waals surface area contributed by atoms with E-state index in [1.54, 1.807) is 7.05 Å². The van der Waals surface area contributed by atoms with Gasteiger partial charge in [-0.1, -0.05) is 0 Å². The molecule has 0 spiro atoms. The van der Waals surface area contributed by atoms with Gasteiger partial charge in [0.2, 0.25) is 11.8 Å². The molecule has 1 heterocycles. The highest BCUT2D eigenvalue weighted by atomic mass is 16.2. The van der Waals surface area contributed by atoms with Crippen molar-refractivity contribution < 1.29 is 9.59 Å².